The molecule has 2 unspecified atom stereocenters. The Morgan fingerprint density at radius 1 is 1.17 bits per heavy atom. The molecule has 0 amide bonds. The van der Waals surface area contributed by atoms with Crippen molar-refractivity contribution in [3.05, 3.63) is 0 Å². The predicted molar refractivity (Wildman–Crippen MR) is 80.1 cm³/mol. The van der Waals surface area contributed by atoms with Gasteiger partial charge >= 0.3 is 0 Å². The molecule has 108 valence electrons. The molecule has 0 bridgehead atoms. The van der Waals surface area contributed by atoms with Crippen molar-refractivity contribution in [3.63, 3.8) is 0 Å². The lowest BCUT2D eigenvalue weighted by Crippen LogP contribution is -2.46. The molecule has 18 heavy (non-hydrogen) atoms. The molecule has 1 aliphatic rings. The lowest BCUT2D eigenvalue weighted by Gasteiger charge is -2.33. The second kappa shape index (κ2) is 8.89. The quantitative estimate of drug-likeness (QED) is 0.729. The molecule has 1 saturated heterocycles. The maximum Gasteiger partial charge on any atom is 0.0242 e. The van der Waals surface area contributed by atoms with Crippen molar-refractivity contribution in [2.75, 3.05) is 33.7 Å². The summed E-state index contributed by atoms with van der Waals surface area (Å²) in [6, 6.07) is 1.40. The number of nitrogens with one attached hydrogen (secondary N) is 2. The van der Waals surface area contributed by atoms with Gasteiger partial charge < -0.3 is 15.5 Å². The van der Waals surface area contributed by atoms with Crippen molar-refractivity contribution in [1.82, 2.24) is 15.5 Å². The summed E-state index contributed by atoms with van der Waals surface area (Å²) < 4.78 is 0. The molecule has 2 N–H and O–H groups in total. The minimum absolute atomic E-state index is 0.677. The molecular weight excluding hydrogens is 222 g/mol. The van der Waals surface area contributed by atoms with Gasteiger partial charge in [-0.25, -0.2) is 0 Å². The van der Waals surface area contributed by atoms with E-state index in [0.29, 0.717) is 6.04 Å². The first-order valence-corrected chi connectivity index (χ1v) is 7.79. The highest BCUT2D eigenvalue weighted by Gasteiger charge is 2.21. The van der Waals surface area contributed by atoms with Crippen LogP contribution in [0.1, 0.15) is 46.0 Å². The summed E-state index contributed by atoms with van der Waals surface area (Å²) in [6.45, 7) is 8.15. The SMILES string of the molecule is CCC(CC)C(CNC1CCCNCC1)N(C)C. The Balaban J connectivity index is 2.40. The third-order valence-electron chi connectivity index (χ3n) is 4.45. The van der Waals surface area contributed by atoms with E-state index in [0.717, 1.165) is 18.5 Å². The zero-order valence-corrected chi connectivity index (χ0v) is 12.8. The van der Waals surface area contributed by atoms with E-state index in [1.807, 2.05) is 0 Å². The topological polar surface area (TPSA) is 27.3 Å². The largest absolute Gasteiger partial charge is 0.317 e. The summed E-state index contributed by atoms with van der Waals surface area (Å²) in [6.07, 6.45) is 6.49. The second-order valence-corrected chi connectivity index (χ2v) is 5.89. The molecule has 3 nitrogen and oxygen atoms in total. The monoisotopic (exact) mass is 255 g/mol. The first kappa shape index (κ1) is 15.9. The van der Waals surface area contributed by atoms with Gasteiger partial charge in [0.15, 0.2) is 0 Å². The Kier molecular flexibility index (Phi) is 7.87. The standard InChI is InChI=1S/C15H33N3/c1-5-13(6-2)15(18(3)4)12-17-14-8-7-10-16-11-9-14/h13-17H,5-12H2,1-4H3. The fourth-order valence-corrected chi connectivity index (χ4v) is 3.11. The van der Waals surface area contributed by atoms with Crippen LogP contribution in [-0.2, 0) is 0 Å². The summed E-state index contributed by atoms with van der Waals surface area (Å²) in [5, 5.41) is 7.29. The van der Waals surface area contributed by atoms with E-state index in [4.69, 9.17) is 0 Å². The third-order valence-corrected chi connectivity index (χ3v) is 4.45. The number of likely N-dealkylation sites (N-methyl/N-ethyl adjacent to an activating group) is 1. The summed E-state index contributed by atoms with van der Waals surface area (Å²) in [4.78, 5) is 2.40. The van der Waals surface area contributed by atoms with Gasteiger partial charge in [0.25, 0.3) is 0 Å². The minimum atomic E-state index is 0.677. The Bertz CT molecular complexity index is 194. The highest BCUT2D eigenvalue weighted by molar-refractivity contribution is 4.80. The molecule has 0 aromatic heterocycles. The maximum atomic E-state index is 3.81. The molecule has 1 rings (SSSR count). The molecule has 0 saturated carbocycles. The van der Waals surface area contributed by atoms with Crippen LogP contribution in [0.3, 0.4) is 0 Å². The number of hydrogen-bond acceptors (Lipinski definition) is 3. The smallest absolute Gasteiger partial charge is 0.0242 e. The Hall–Kier alpha value is -0.120. The average molecular weight is 255 g/mol. The van der Waals surface area contributed by atoms with Crippen LogP contribution in [0, 0.1) is 5.92 Å². The third kappa shape index (κ3) is 5.25. The van der Waals surface area contributed by atoms with Crippen molar-refractivity contribution in [3.8, 4) is 0 Å². The van der Waals surface area contributed by atoms with Gasteiger partial charge in [-0.3, -0.25) is 0 Å². The van der Waals surface area contributed by atoms with Crippen molar-refractivity contribution >= 4 is 0 Å². The van der Waals surface area contributed by atoms with Gasteiger partial charge in [0.1, 0.15) is 0 Å². The van der Waals surface area contributed by atoms with Crippen LogP contribution in [-0.4, -0.2) is 50.7 Å². The molecule has 0 aliphatic carbocycles. The fraction of sp³-hybridized carbons (Fsp3) is 1.00. The molecule has 3 heteroatoms. The summed E-state index contributed by atoms with van der Waals surface area (Å²) in [5.74, 6) is 0.816. The molecule has 2 atom stereocenters. The molecule has 1 aliphatic heterocycles. The molecule has 0 radical (unpaired) electrons. The zero-order valence-electron chi connectivity index (χ0n) is 12.8. The fourth-order valence-electron chi connectivity index (χ4n) is 3.11. The number of hydrogen-bond donors (Lipinski definition) is 2. The first-order chi connectivity index (χ1) is 8.69. The highest BCUT2D eigenvalue weighted by Crippen LogP contribution is 2.17. The van der Waals surface area contributed by atoms with Crippen molar-refractivity contribution in [1.29, 1.82) is 0 Å². The molecule has 0 aromatic carbocycles. The van der Waals surface area contributed by atoms with Gasteiger partial charge in [0.2, 0.25) is 0 Å². The van der Waals surface area contributed by atoms with Gasteiger partial charge in [-0.15, -0.1) is 0 Å². The maximum absolute atomic E-state index is 3.81. The van der Waals surface area contributed by atoms with E-state index in [9.17, 15) is 0 Å². The minimum Gasteiger partial charge on any atom is -0.317 e. The van der Waals surface area contributed by atoms with Crippen LogP contribution in [0.2, 0.25) is 0 Å². The normalized spacial score (nSPS) is 23.3. The van der Waals surface area contributed by atoms with E-state index >= 15 is 0 Å². The van der Waals surface area contributed by atoms with E-state index < -0.39 is 0 Å². The molecular formula is C15H33N3. The van der Waals surface area contributed by atoms with Crippen molar-refractivity contribution in [2.24, 2.45) is 5.92 Å². The van der Waals surface area contributed by atoms with Crippen LogP contribution in [0.4, 0.5) is 0 Å². The Morgan fingerprint density at radius 2 is 1.89 bits per heavy atom. The van der Waals surface area contributed by atoms with Crippen LogP contribution in [0.5, 0.6) is 0 Å². The van der Waals surface area contributed by atoms with Gasteiger partial charge in [-0.2, -0.15) is 0 Å². The predicted octanol–water partition coefficient (Wildman–Crippen LogP) is 2.08. The van der Waals surface area contributed by atoms with Crippen molar-refractivity contribution in [2.45, 2.75) is 58.0 Å². The van der Waals surface area contributed by atoms with Crippen LogP contribution in [0.25, 0.3) is 0 Å². The summed E-state index contributed by atoms with van der Waals surface area (Å²) >= 11 is 0. The lowest BCUT2D eigenvalue weighted by atomic mass is 9.93. The molecule has 1 fully saturated rings. The van der Waals surface area contributed by atoms with Crippen LogP contribution >= 0.6 is 0 Å². The summed E-state index contributed by atoms with van der Waals surface area (Å²) in [7, 11) is 4.44. The Labute approximate surface area is 114 Å². The Morgan fingerprint density at radius 3 is 2.50 bits per heavy atom. The highest BCUT2D eigenvalue weighted by atomic mass is 15.1. The van der Waals surface area contributed by atoms with Gasteiger partial charge in [-0.05, 0) is 52.4 Å². The molecule has 1 heterocycles. The van der Waals surface area contributed by atoms with E-state index in [1.54, 1.807) is 0 Å². The van der Waals surface area contributed by atoms with E-state index in [-0.39, 0.29) is 0 Å². The molecule has 0 aromatic rings. The van der Waals surface area contributed by atoms with Crippen LogP contribution in [0.15, 0.2) is 0 Å². The van der Waals surface area contributed by atoms with Crippen molar-refractivity contribution < 1.29 is 0 Å². The van der Waals surface area contributed by atoms with Crippen LogP contribution < -0.4 is 10.6 Å². The van der Waals surface area contributed by atoms with E-state index in [1.165, 1.54) is 45.2 Å². The molecule has 0 spiro atoms. The average Bonchev–Trinajstić information content (AvgIpc) is 2.62. The van der Waals surface area contributed by atoms with Gasteiger partial charge in [0, 0.05) is 18.6 Å². The lowest BCUT2D eigenvalue weighted by molar-refractivity contribution is 0.188. The zero-order chi connectivity index (χ0) is 13.4. The number of rotatable bonds is 7. The summed E-state index contributed by atoms with van der Waals surface area (Å²) in [5.41, 5.74) is 0. The van der Waals surface area contributed by atoms with Gasteiger partial charge in [0.05, 0.1) is 0 Å². The second-order valence-electron chi connectivity index (χ2n) is 5.89. The first-order valence-electron chi connectivity index (χ1n) is 7.79. The van der Waals surface area contributed by atoms with E-state index in [2.05, 4.69) is 43.5 Å². The van der Waals surface area contributed by atoms with Gasteiger partial charge in [-0.1, -0.05) is 26.7 Å². The number of nitrogens with zero attached hydrogens (tertiary/aromatic N) is 1.